The molecule has 7 aromatic rings. The van der Waals surface area contributed by atoms with Gasteiger partial charge < -0.3 is 39.9 Å². The van der Waals surface area contributed by atoms with Gasteiger partial charge in [-0.2, -0.15) is 0 Å². The Morgan fingerprint density at radius 2 is 1.38 bits per heavy atom. The molecule has 4 amide bonds. The first-order valence-electron chi connectivity index (χ1n) is 23.5. The zero-order valence-corrected chi connectivity index (χ0v) is 39.3. The van der Waals surface area contributed by atoms with E-state index in [2.05, 4.69) is 59.3 Å². The van der Waals surface area contributed by atoms with Crippen LogP contribution in [0.25, 0.3) is 33.1 Å². The van der Waals surface area contributed by atoms with Gasteiger partial charge in [-0.25, -0.2) is 19.6 Å². The van der Waals surface area contributed by atoms with Crippen LogP contribution >= 0.6 is 0 Å². The zero-order chi connectivity index (χ0) is 48.1. The molecule has 2 aromatic heterocycles. The van der Waals surface area contributed by atoms with Gasteiger partial charge in [0.25, 0.3) is 11.8 Å². The number of aromatic amines is 2. The number of carbonyl (C=O) groups is 4. The van der Waals surface area contributed by atoms with Crippen LogP contribution < -0.4 is 10.6 Å². The second-order valence-electron chi connectivity index (χ2n) is 18.6. The van der Waals surface area contributed by atoms with Crippen molar-refractivity contribution in [2.75, 3.05) is 14.2 Å². The number of carbonyl (C=O) groups excluding carboxylic acids is 4. The normalized spacial score (nSPS) is 22.3. The molecule has 1 saturated heterocycles. The van der Waals surface area contributed by atoms with Crippen LogP contribution in [0.3, 0.4) is 0 Å². The number of piperidine rings is 1. The second kappa shape index (κ2) is 18.3. The highest BCUT2D eigenvalue weighted by molar-refractivity contribution is 6.04. The number of benzene rings is 5. The SMILES string of the molecule is COC(=O)NC(C(=O)N(C(C)c1nc2c(ccc3cc(C#Cc4ccc(-c5cnc(C6CC7C(C)C7N6C(=O)C(NC(=O)OC)c6ccccc6)[nH]5)cc4)ccc32)[nH]1)C1C(C)C1C)c1ccccc1. The summed E-state index contributed by atoms with van der Waals surface area (Å²) in [6.45, 7) is 8.43. The van der Waals surface area contributed by atoms with E-state index in [0.717, 1.165) is 50.6 Å². The molecule has 0 spiro atoms. The fraction of sp³-hybridized carbons (Fsp3) is 0.309. The number of hydrogen-bond acceptors (Lipinski definition) is 8. The van der Waals surface area contributed by atoms with Crippen LogP contribution in [0.2, 0.25) is 0 Å². The van der Waals surface area contributed by atoms with Gasteiger partial charge in [-0.1, -0.05) is 118 Å². The monoisotopic (exact) mass is 922 g/mol. The van der Waals surface area contributed by atoms with Crippen molar-refractivity contribution in [2.24, 2.45) is 23.7 Å². The van der Waals surface area contributed by atoms with Gasteiger partial charge in [0.05, 0.1) is 49.2 Å². The van der Waals surface area contributed by atoms with Crippen LogP contribution in [0.15, 0.2) is 121 Å². The lowest BCUT2D eigenvalue weighted by atomic mass is 10.0. The predicted octanol–water partition coefficient (Wildman–Crippen LogP) is 9.15. The van der Waals surface area contributed by atoms with Crippen molar-refractivity contribution in [3.8, 4) is 23.1 Å². The number of nitrogens with one attached hydrogen (secondary N) is 4. The van der Waals surface area contributed by atoms with Crippen molar-refractivity contribution in [2.45, 2.75) is 70.4 Å². The quantitative estimate of drug-likeness (QED) is 0.0930. The Morgan fingerprint density at radius 3 is 2.03 bits per heavy atom. The number of imidazole rings is 2. The summed E-state index contributed by atoms with van der Waals surface area (Å²) in [5, 5.41) is 7.49. The number of nitrogens with zero attached hydrogens (tertiary/aromatic N) is 4. The molecule has 5 aromatic carbocycles. The summed E-state index contributed by atoms with van der Waals surface area (Å²) in [4.78, 5) is 74.4. The van der Waals surface area contributed by atoms with E-state index in [1.54, 1.807) is 6.20 Å². The van der Waals surface area contributed by atoms with Gasteiger partial charge in [0.15, 0.2) is 0 Å². The summed E-state index contributed by atoms with van der Waals surface area (Å²) in [5.74, 6) is 8.89. The molecule has 4 N–H and O–H groups in total. The number of ether oxygens (including phenoxy) is 2. The number of H-pyrrole nitrogens is 2. The van der Waals surface area contributed by atoms with Crippen molar-refractivity contribution in [3.05, 3.63) is 155 Å². The fourth-order valence-electron chi connectivity index (χ4n) is 10.5. The Morgan fingerprint density at radius 1 is 0.754 bits per heavy atom. The van der Waals surface area contributed by atoms with Crippen LogP contribution in [0, 0.1) is 35.5 Å². The number of methoxy groups -OCH3 is 2. The van der Waals surface area contributed by atoms with Gasteiger partial charge in [-0.3, -0.25) is 9.59 Å². The van der Waals surface area contributed by atoms with Crippen LogP contribution in [0.1, 0.15) is 92.2 Å². The van der Waals surface area contributed by atoms with Crippen LogP contribution in [0.5, 0.6) is 0 Å². The predicted molar refractivity (Wildman–Crippen MR) is 261 cm³/mol. The van der Waals surface area contributed by atoms with Crippen molar-refractivity contribution in [1.29, 1.82) is 0 Å². The van der Waals surface area contributed by atoms with E-state index in [0.29, 0.717) is 34.6 Å². The molecule has 69 heavy (non-hydrogen) atoms. The number of alkyl carbamates (subject to hydrolysis) is 2. The molecule has 0 bridgehead atoms. The molecule has 10 rings (SSSR count). The van der Waals surface area contributed by atoms with Gasteiger partial charge >= 0.3 is 12.2 Å². The Balaban J connectivity index is 0.850. The maximum Gasteiger partial charge on any atom is 0.407 e. The van der Waals surface area contributed by atoms with Crippen LogP contribution in [-0.2, 0) is 19.1 Å². The number of aromatic nitrogens is 4. The molecule has 2 aliphatic carbocycles. The molecule has 14 nitrogen and oxygen atoms in total. The third-order valence-electron chi connectivity index (χ3n) is 14.7. The van der Waals surface area contributed by atoms with Crippen molar-refractivity contribution >= 4 is 45.8 Å². The Bertz CT molecular complexity index is 3130. The molecule has 1 aliphatic heterocycles. The first-order chi connectivity index (χ1) is 33.4. The average Bonchev–Trinajstić information content (AvgIpc) is 3.82. The number of amides is 4. The number of likely N-dealkylation sites (tertiary alicyclic amines) is 1. The number of hydrogen-bond donors (Lipinski definition) is 4. The molecule has 3 fully saturated rings. The number of fused-ring (bicyclic) bond motifs is 4. The molecular weight excluding hydrogens is 869 g/mol. The summed E-state index contributed by atoms with van der Waals surface area (Å²) in [7, 11) is 2.58. The molecule has 3 heterocycles. The summed E-state index contributed by atoms with van der Waals surface area (Å²) in [5.41, 5.74) is 6.48. The van der Waals surface area contributed by atoms with Gasteiger partial charge in [0.2, 0.25) is 0 Å². The molecular formula is C55H54N8O6. The maximum absolute atomic E-state index is 14.5. The Hall–Kier alpha value is -7.92. The largest absolute Gasteiger partial charge is 0.453 e. The highest BCUT2D eigenvalue weighted by Crippen LogP contribution is 2.58. The Labute approximate surface area is 400 Å². The van der Waals surface area contributed by atoms with Gasteiger partial charge in [-0.15, -0.1) is 0 Å². The molecule has 9 unspecified atom stereocenters. The second-order valence-corrected chi connectivity index (χ2v) is 18.6. The van der Waals surface area contributed by atoms with E-state index < -0.39 is 30.3 Å². The standard InChI is InChI=1S/C55H54N8O6/c1-30-31(2)48(30)62(52(64)45(60-54(66)68-5)37-13-9-7-10-14-37)33(4)50-57-42-26-24-39-27-35(21-25-40(39)47(42)59-50)18-17-34-19-22-36(23-20-34)43-29-56-51(58-43)44-28-41-32(3)49(41)63(44)53(65)46(61-55(67)69-6)38-15-11-8-12-16-38/h7-16,19-27,29-33,41,44-46,48-49H,28H2,1-6H3,(H,56,58)(H,57,59)(H,60,66)(H,61,67). The number of rotatable bonds is 11. The molecule has 14 heteroatoms. The average molecular weight is 923 g/mol. The van der Waals surface area contributed by atoms with Crippen molar-refractivity contribution in [3.63, 3.8) is 0 Å². The van der Waals surface area contributed by atoms with E-state index >= 15 is 0 Å². The van der Waals surface area contributed by atoms with Gasteiger partial charge in [0, 0.05) is 28.6 Å². The Kier molecular flexibility index (Phi) is 11.9. The maximum atomic E-state index is 14.5. The molecule has 3 aliphatic rings. The van der Waals surface area contributed by atoms with Crippen molar-refractivity contribution < 1.29 is 28.7 Å². The molecule has 350 valence electrons. The molecule has 2 saturated carbocycles. The first-order valence-corrected chi connectivity index (χ1v) is 23.5. The van der Waals surface area contributed by atoms with E-state index in [4.69, 9.17) is 19.4 Å². The smallest absolute Gasteiger partial charge is 0.407 e. The lowest BCUT2D eigenvalue weighted by molar-refractivity contribution is -0.137. The lowest BCUT2D eigenvalue weighted by Crippen LogP contribution is -2.46. The summed E-state index contributed by atoms with van der Waals surface area (Å²) >= 11 is 0. The highest BCUT2D eigenvalue weighted by Gasteiger charge is 2.61. The molecule has 0 radical (unpaired) electrons. The highest BCUT2D eigenvalue weighted by atomic mass is 16.5. The van der Waals surface area contributed by atoms with Gasteiger partial charge in [0.1, 0.15) is 23.7 Å². The minimum atomic E-state index is -0.934. The molecule has 9 atom stereocenters. The van der Waals surface area contributed by atoms with E-state index in [1.807, 2.05) is 126 Å². The minimum absolute atomic E-state index is 0.0287. The first kappa shape index (κ1) is 44.9. The van der Waals surface area contributed by atoms with Crippen LogP contribution in [-0.4, -0.2) is 80.0 Å². The third kappa shape index (κ3) is 8.54. The minimum Gasteiger partial charge on any atom is -0.453 e. The zero-order valence-electron chi connectivity index (χ0n) is 39.3. The van der Waals surface area contributed by atoms with E-state index in [9.17, 15) is 19.2 Å². The van der Waals surface area contributed by atoms with E-state index in [1.165, 1.54) is 14.2 Å². The third-order valence-corrected chi connectivity index (χ3v) is 14.7. The summed E-state index contributed by atoms with van der Waals surface area (Å²) in [6.07, 6.45) is 1.24. The van der Waals surface area contributed by atoms with E-state index in [-0.39, 0.29) is 41.8 Å². The van der Waals surface area contributed by atoms with Gasteiger partial charge in [-0.05, 0) is 89.4 Å². The van der Waals surface area contributed by atoms with Crippen LogP contribution in [0.4, 0.5) is 9.59 Å². The lowest BCUT2D eigenvalue weighted by Gasteiger charge is -2.32. The van der Waals surface area contributed by atoms with Crippen molar-refractivity contribution in [1.82, 2.24) is 40.4 Å². The summed E-state index contributed by atoms with van der Waals surface area (Å²) in [6, 6.07) is 34.1. The fourth-order valence-corrected chi connectivity index (χ4v) is 10.5. The summed E-state index contributed by atoms with van der Waals surface area (Å²) < 4.78 is 9.82. The topological polar surface area (TPSA) is 175 Å².